The zero-order valence-corrected chi connectivity index (χ0v) is 25.4. The van der Waals surface area contributed by atoms with E-state index in [9.17, 15) is 22.4 Å². The summed E-state index contributed by atoms with van der Waals surface area (Å²) in [6.07, 6.45) is -3.84. The number of halogens is 5. The molecule has 0 radical (unpaired) electrons. The van der Waals surface area contributed by atoms with E-state index in [-0.39, 0.29) is 66.0 Å². The van der Waals surface area contributed by atoms with Crippen molar-refractivity contribution < 1.29 is 36.2 Å². The van der Waals surface area contributed by atoms with Crippen LogP contribution >= 0.6 is 0 Å². The molecule has 4 aliphatic rings. The van der Waals surface area contributed by atoms with E-state index in [0.717, 1.165) is 19.4 Å². The molecule has 0 aliphatic carbocycles. The van der Waals surface area contributed by atoms with Crippen molar-refractivity contribution in [1.29, 1.82) is 0 Å². The zero-order chi connectivity index (χ0) is 31.8. The first-order chi connectivity index (χ1) is 20.6. The number of piperazine rings is 1. The number of anilines is 1. The molecule has 0 bridgehead atoms. The first kappa shape index (κ1) is 30.8. The Morgan fingerprint density at radius 3 is 2.61 bits per heavy atom. The van der Waals surface area contributed by atoms with Gasteiger partial charge in [-0.2, -0.15) is 23.1 Å². The van der Waals surface area contributed by atoms with E-state index in [4.69, 9.17) is 9.47 Å². The molecule has 3 saturated heterocycles. The van der Waals surface area contributed by atoms with Gasteiger partial charge in [-0.05, 0) is 64.6 Å². The second kappa shape index (κ2) is 10.7. The normalized spacial score (nSPS) is 27.4. The van der Waals surface area contributed by atoms with Crippen LogP contribution in [0.15, 0.2) is 12.6 Å². The lowest BCUT2D eigenvalue weighted by molar-refractivity contribution is -0.137. The lowest BCUT2D eigenvalue weighted by atomic mass is 9.92. The van der Waals surface area contributed by atoms with Crippen molar-refractivity contribution in [2.24, 2.45) is 0 Å². The molecular formula is C31H38F5N5O3. The molecule has 4 aliphatic heterocycles. The van der Waals surface area contributed by atoms with E-state index in [0.29, 0.717) is 25.5 Å². The molecule has 1 aromatic carbocycles. The predicted molar refractivity (Wildman–Crippen MR) is 155 cm³/mol. The molecule has 240 valence electrons. The maximum absolute atomic E-state index is 15.6. The molecule has 8 nitrogen and oxygen atoms in total. The molecule has 3 fully saturated rings. The van der Waals surface area contributed by atoms with Crippen molar-refractivity contribution in [1.82, 2.24) is 19.8 Å². The number of nitrogens with zero attached hydrogens (tertiary/aromatic N) is 5. The summed E-state index contributed by atoms with van der Waals surface area (Å²) >= 11 is 0. The lowest BCUT2D eigenvalue weighted by Crippen LogP contribution is -2.60. The number of carbonyl (C=O) groups excluding carboxylic acids is 1. The van der Waals surface area contributed by atoms with Crippen LogP contribution in [0.4, 0.5) is 32.6 Å². The third-order valence-electron chi connectivity index (χ3n) is 9.33. The molecule has 1 aromatic heterocycles. The van der Waals surface area contributed by atoms with Gasteiger partial charge in [0.1, 0.15) is 35.5 Å². The molecule has 0 saturated carbocycles. The SMILES string of the molecule is C=C1C[C@@H]2CN(C(=O)OC(C)(C)C)[C@H](CC)CN2c2nc(OC[C@@]34CCCN3C[C@H](F)C4)nc3c(F)cc(C(F)(F)F)c1c23. The van der Waals surface area contributed by atoms with Gasteiger partial charge in [-0.25, -0.2) is 13.6 Å². The number of amides is 1. The number of carbonyl (C=O) groups is 1. The largest absolute Gasteiger partial charge is 0.461 e. The number of rotatable bonds is 4. The molecule has 44 heavy (non-hydrogen) atoms. The van der Waals surface area contributed by atoms with Crippen LogP contribution in [0.5, 0.6) is 6.01 Å². The Labute approximate surface area is 253 Å². The first-order valence-corrected chi connectivity index (χ1v) is 15.2. The van der Waals surface area contributed by atoms with Crippen LogP contribution < -0.4 is 9.64 Å². The molecule has 13 heteroatoms. The number of alkyl halides is 4. The van der Waals surface area contributed by atoms with Gasteiger partial charge in [0, 0.05) is 31.6 Å². The second-order valence-electron chi connectivity index (χ2n) is 13.5. The van der Waals surface area contributed by atoms with Gasteiger partial charge >= 0.3 is 18.3 Å². The van der Waals surface area contributed by atoms with Gasteiger partial charge in [0.2, 0.25) is 0 Å². The third-order valence-corrected chi connectivity index (χ3v) is 9.33. The van der Waals surface area contributed by atoms with Crippen LogP contribution in [0, 0.1) is 5.82 Å². The van der Waals surface area contributed by atoms with Crippen molar-refractivity contribution in [3.63, 3.8) is 0 Å². The summed E-state index contributed by atoms with van der Waals surface area (Å²) in [5.74, 6) is -1.05. The molecular weight excluding hydrogens is 585 g/mol. The van der Waals surface area contributed by atoms with Gasteiger partial charge in [0.25, 0.3) is 0 Å². The smallest absolute Gasteiger partial charge is 0.417 e. The van der Waals surface area contributed by atoms with E-state index >= 15 is 4.39 Å². The highest BCUT2D eigenvalue weighted by Gasteiger charge is 2.50. The Bertz CT molecular complexity index is 1490. The minimum atomic E-state index is -4.87. The highest BCUT2D eigenvalue weighted by molar-refractivity contribution is 6.02. The standard InChI is InChI=1S/C31H38F5N5O3/c1-6-19-14-40-20(15-41(19)28(42)44-29(3,4)5)10-17(2)23-21(31(34,35)36)11-22(33)25-24(23)26(40)38-27(37-25)43-16-30-8-7-9-39(30)13-18(32)12-30/h11,18-20H,2,6-10,12-16H2,1,3-5H3/t18-,19-,20-,30+/m1/s1. The number of ether oxygens (including phenoxy) is 2. The van der Waals surface area contributed by atoms with Crippen molar-refractivity contribution in [2.45, 2.75) is 95.4 Å². The first-order valence-electron chi connectivity index (χ1n) is 15.2. The minimum Gasteiger partial charge on any atom is -0.461 e. The van der Waals surface area contributed by atoms with Crippen LogP contribution in [0.1, 0.15) is 70.9 Å². The van der Waals surface area contributed by atoms with Gasteiger partial charge < -0.3 is 19.3 Å². The number of fused-ring (bicyclic) bond motifs is 3. The summed E-state index contributed by atoms with van der Waals surface area (Å²) in [5, 5.41) is -0.0805. The molecule has 6 rings (SSSR count). The van der Waals surface area contributed by atoms with Crippen molar-refractivity contribution in [3.8, 4) is 6.01 Å². The maximum atomic E-state index is 15.6. The molecule has 1 amide bonds. The van der Waals surface area contributed by atoms with E-state index in [2.05, 4.69) is 21.4 Å². The lowest BCUT2D eigenvalue weighted by Gasteiger charge is -2.46. The molecule has 0 unspecified atom stereocenters. The second-order valence-corrected chi connectivity index (χ2v) is 13.5. The van der Waals surface area contributed by atoms with Crippen molar-refractivity contribution in [2.75, 3.05) is 37.7 Å². The fourth-order valence-corrected chi connectivity index (χ4v) is 7.41. The third kappa shape index (κ3) is 5.34. The van der Waals surface area contributed by atoms with Crippen LogP contribution in [-0.4, -0.2) is 88.0 Å². The van der Waals surface area contributed by atoms with Crippen LogP contribution in [0.3, 0.4) is 0 Å². The molecule has 0 spiro atoms. The van der Waals surface area contributed by atoms with E-state index in [1.807, 2.05) is 11.8 Å². The number of aromatic nitrogens is 2. The van der Waals surface area contributed by atoms with E-state index < -0.39 is 47.0 Å². The maximum Gasteiger partial charge on any atom is 0.417 e. The Morgan fingerprint density at radius 1 is 1.18 bits per heavy atom. The van der Waals surface area contributed by atoms with Gasteiger partial charge in [0.05, 0.1) is 28.6 Å². The Hall–Kier alpha value is -3.22. The fourth-order valence-electron chi connectivity index (χ4n) is 7.41. The van der Waals surface area contributed by atoms with Gasteiger partial charge in [-0.1, -0.05) is 13.5 Å². The van der Waals surface area contributed by atoms with Gasteiger partial charge in [-0.15, -0.1) is 0 Å². The number of hydrogen-bond acceptors (Lipinski definition) is 7. The summed E-state index contributed by atoms with van der Waals surface area (Å²) in [6.45, 7) is 12.7. The number of benzene rings is 1. The summed E-state index contributed by atoms with van der Waals surface area (Å²) in [6, 6.07) is -0.606. The average molecular weight is 624 g/mol. The minimum absolute atomic E-state index is 0.0715. The Kier molecular flexibility index (Phi) is 7.49. The summed E-state index contributed by atoms with van der Waals surface area (Å²) in [7, 11) is 0. The molecule has 0 N–H and O–H groups in total. The zero-order valence-electron chi connectivity index (χ0n) is 25.4. The van der Waals surface area contributed by atoms with E-state index in [1.165, 1.54) is 0 Å². The van der Waals surface area contributed by atoms with Gasteiger partial charge in [-0.3, -0.25) is 4.90 Å². The highest BCUT2D eigenvalue weighted by atomic mass is 19.4. The molecule has 2 aromatic rings. The fraction of sp³-hybridized carbons (Fsp3) is 0.645. The van der Waals surface area contributed by atoms with Crippen LogP contribution in [-0.2, 0) is 10.9 Å². The Morgan fingerprint density at radius 2 is 1.93 bits per heavy atom. The van der Waals surface area contributed by atoms with Crippen LogP contribution in [0.2, 0.25) is 0 Å². The topological polar surface area (TPSA) is 71.0 Å². The molecule has 4 atom stereocenters. The van der Waals surface area contributed by atoms with Crippen molar-refractivity contribution in [3.05, 3.63) is 29.6 Å². The highest BCUT2D eigenvalue weighted by Crippen LogP contribution is 2.47. The van der Waals surface area contributed by atoms with Crippen molar-refractivity contribution >= 4 is 28.4 Å². The van der Waals surface area contributed by atoms with Gasteiger partial charge in [0.15, 0.2) is 0 Å². The quantitative estimate of drug-likeness (QED) is 0.367. The number of hydrogen-bond donors (Lipinski definition) is 0. The van der Waals surface area contributed by atoms with Crippen LogP contribution in [0.25, 0.3) is 16.5 Å². The summed E-state index contributed by atoms with van der Waals surface area (Å²) in [4.78, 5) is 27.7. The average Bonchev–Trinajstić information content (AvgIpc) is 3.41. The molecule has 5 heterocycles. The summed E-state index contributed by atoms with van der Waals surface area (Å²) < 4.78 is 84.8. The monoisotopic (exact) mass is 623 g/mol. The predicted octanol–water partition coefficient (Wildman–Crippen LogP) is 6.36. The van der Waals surface area contributed by atoms with E-state index in [1.54, 1.807) is 25.7 Å². The Balaban J connectivity index is 1.45. The summed E-state index contributed by atoms with van der Waals surface area (Å²) in [5.41, 5.74) is -2.82.